The van der Waals surface area contributed by atoms with Crippen molar-refractivity contribution < 1.29 is 61.4 Å². The molecule has 241 valence electrons. The third-order valence-corrected chi connectivity index (χ3v) is 13.9. The second kappa shape index (κ2) is 19.6. The van der Waals surface area contributed by atoms with E-state index < -0.39 is 15.6 Å². The van der Waals surface area contributed by atoms with Gasteiger partial charge in [-0.1, -0.05) is 124 Å². The van der Waals surface area contributed by atoms with Gasteiger partial charge >= 0.3 is 50.3 Å². The third kappa shape index (κ3) is 20.7. The van der Waals surface area contributed by atoms with Gasteiger partial charge in [0.05, 0.1) is 0 Å². The van der Waals surface area contributed by atoms with Crippen LogP contribution < -0.4 is 0 Å². The van der Waals surface area contributed by atoms with E-state index in [0.717, 1.165) is 0 Å². The molecule has 0 saturated heterocycles. The molecule has 0 atom stereocenters. The van der Waals surface area contributed by atoms with Crippen LogP contribution in [0.25, 0.3) is 0 Å². The fraction of sp³-hybridized carbons (Fsp3) is 0.655. The summed E-state index contributed by atoms with van der Waals surface area (Å²) in [4.78, 5) is 0. The van der Waals surface area contributed by atoms with Gasteiger partial charge in [-0.25, -0.2) is 8.42 Å². The fourth-order valence-corrected chi connectivity index (χ4v) is 11.3. The van der Waals surface area contributed by atoms with Crippen LogP contribution in [-0.2, 0) is 45.4 Å². The molecule has 0 aliphatic heterocycles. The van der Waals surface area contributed by atoms with Crippen LogP contribution in [-0.4, -0.2) is 51.4 Å². The van der Waals surface area contributed by atoms with E-state index in [1.807, 2.05) is 32.1 Å². The van der Waals surface area contributed by atoms with Crippen LogP contribution in [0.3, 0.4) is 0 Å². The molecule has 3 nitrogen and oxygen atoms in total. The predicted molar refractivity (Wildman–Crippen MR) is 164 cm³/mol. The van der Waals surface area contributed by atoms with E-state index >= 15 is 0 Å². The summed E-state index contributed by atoms with van der Waals surface area (Å²) in [7, 11) is -1.80. The Bertz CT molecular complexity index is 727. The smallest absolute Gasteiger partial charge is 3.00 e. The summed E-state index contributed by atoms with van der Waals surface area (Å²) in [5.74, 6) is 2.87. The van der Waals surface area contributed by atoms with Crippen molar-refractivity contribution in [2.45, 2.75) is 109 Å². The SMILES string of the molecule is CC(C)(C)P(C[C]1[C-][C](CP(C(C)(C)C)C(C)(C)C)[CH][CH]1)C(C)(C)C.O=S(=O)([O-])C(F)(F)F.[CH]1[CH][CH][CH][CH]1.[Cl][Pd+].[Fe+3]. The van der Waals surface area contributed by atoms with Gasteiger partial charge in [0.1, 0.15) is 0 Å². The van der Waals surface area contributed by atoms with Gasteiger partial charge in [0.25, 0.3) is 0 Å². The molecule has 0 bridgehead atoms. The molecule has 0 spiro atoms. The maximum Gasteiger partial charge on any atom is 3.00 e. The first-order chi connectivity index (χ1) is 17.7. The minimum Gasteiger partial charge on any atom is 3.00 e. The van der Waals surface area contributed by atoms with Gasteiger partial charge in [-0.05, 0) is 52.7 Å². The Kier molecular flexibility index (Phi) is 22.7. The largest absolute Gasteiger partial charge is 3.00 e. The monoisotopic (exact) mass is 791 g/mol. The van der Waals surface area contributed by atoms with Gasteiger partial charge in [-0.2, -0.15) is 25.0 Å². The third-order valence-electron chi connectivity index (χ3n) is 5.54. The van der Waals surface area contributed by atoms with E-state index in [0.29, 0.717) is 20.6 Å². The Labute approximate surface area is 279 Å². The van der Waals surface area contributed by atoms with Crippen LogP contribution in [0.15, 0.2) is 0 Å². The Morgan fingerprint density at radius 1 is 0.683 bits per heavy atom. The van der Waals surface area contributed by atoms with Gasteiger partial charge in [0, 0.05) is 0 Å². The van der Waals surface area contributed by atoms with Crippen molar-refractivity contribution in [2.24, 2.45) is 0 Å². The Balaban J connectivity index is -0.000000737. The predicted octanol–water partition coefficient (Wildman–Crippen LogP) is 9.55. The number of hydrogen-bond donors (Lipinski definition) is 0. The molecule has 2 aliphatic rings. The minimum atomic E-state index is -6.09. The van der Waals surface area contributed by atoms with Crippen LogP contribution in [0, 0.1) is 63.2 Å². The molecule has 0 amide bonds. The average Bonchev–Trinajstić information content (AvgIpc) is 3.42. The van der Waals surface area contributed by atoms with Gasteiger partial charge in [-0.3, -0.25) is 0 Å². The van der Waals surface area contributed by atoms with Crippen LogP contribution in [0.1, 0.15) is 83.1 Å². The summed E-state index contributed by atoms with van der Waals surface area (Å²) in [6, 6.07) is 0. The van der Waals surface area contributed by atoms with Crippen molar-refractivity contribution in [1.29, 1.82) is 0 Å². The maximum atomic E-state index is 10.7. The minimum absolute atomic E-state index is 0. The van der Waals surface area contributed by atoms with Crippen LogP contribution in [0.2, 0.25) is 0 Å². The van der Waals surface area contributed by atoms with Crippen molar-refractivity contribution in [3.8, 4) is 0 Å². The van der Waals surface area contributed by atoms with Crippen LogP contribution in [0.4, 0.5) is 13.2 Å². The Morgan fingerprint density at radius 2 is 0.878 bits per heavy atom. The molecular weight excluding hydrogens is 745 g/mol. The Morgan fingerprint density at radius 3 is 1.02 bits per heavy atom. The standard InChI is InChI=1S/C23H42P2.C5H5.CHF3O3S.ClH.Fe.Pd/c1-20(2,3)24(21(4,5)6)16-18-13-14-19(15-18)17-25(22(7,8)9)23(10,11)12;1-2-4-5-3-1;2-1(3,4)8(5,6)7;;;/h13-14H,16-17H2,1-12H3;1-5H;(H,5,6,7);1H;;/q-1;;;;+3;+2/p-2. The summed E-state index contributed by atoms with van der Waals surface area (Å²) >= 11 is 2.22. The molecule has 41 heavy (non-hydrogen) atoms. The van der Waals surface area contributed by atoms with E-state index in [9.17, 15) is 13.2 Å². The quantitative estimate of drug-likeness (QED) is 0.0938. The maximum absolute atomic E-state index is 10.7. The van der Waals surface area contributed by atoms with Gasteiger partial charge < -0.3 is 11.0 Å². The number of hydrogen-bond acceptors (Lipinski definition) is 3. The van der Waals surface area contributed by atoms with Crippen molar-refractivity contribution in [3.63, 3.8) is 0 Å². The molecule has 12 heteroatoms. The zero-order valence-corrected chi connectivity index (χ0v) is 32.2. The second-order valence-corrected chi connectivity index (χ2v) is 22.3. The van der Waals surface area contributed by atoms with E-state index in [-0.39, 0.29) is 32.9 Å². The zero-order valence-electron chi connectivity index (χ0n) is 26.2. The summed E-state index contributed by atoms with van der Waals surface area (Å²) in [6.45, 7) is 28.9. The van der Waals surface area contributed by atoms with E-state index in [4.69, 9.17) is 13.0 Å². The molecule has 0 heterocycles. The first-order valence-electron chi connectivity index (χ1n) is 12.7. The molecule has 2 aliphatic carbocycles. The number of rotatable bonds is 4. The summed E-state index contributed by atoms with van der Waals surface area (Å²) in [6.07, 6.45) is 20.9. The number of halogens is 4. The number of alkyl halides is 3. The van der Waals surface area contributed by atoms with Crippen LogP contribution >= 0.6 is 25.4 Å². The molecule has 2 rings (SSSR count). The van der Waals surface area contributed by atoms with Crippen molar-refractivity contribution >= 4 is 35.5 Å². The van der Waals surface area contributed by atoms with Crippen molar-refractivity contribution in [3.05, 3.63) is 63.2 Å². The normalized spacial score (nSPS) is 17.7. The molecule has 0 N–H and O–H groups in total. The fourth-order valence-electron chi connectivity index (χ4n) is 4.30. The molecule has 0 unspecified atom stereocenters. The molecular formula is C29H47ClF3FeO3P2PdS+2. The second-order valence-electron chi connectivity index (χ2n) is 13.2. The van der Waals surface area contributed by atoms with Gasteiger partial charge in [0.15, 0.2) is 10.1 Å². The molecule has 0 aromatic heterocycles. The average molecular weight is 792 g/mol. The van der Waals surface area contributed by atoms with E-state index in [2.05, 4.69) is 130 Å². The van der Waals surface area contributed by atoms with Crippen LogP contribution in [0.5, 0.6) is 0 Å². The molecule has 0 aromatic carbocycles. The molecule has 2 fully saturated rings. The molecule has 11 radical (unpaired) electrons. The topological polar surface area (TPSA) is 57.2 Å². The van der Waals surface area contributed by atoms with Crippen molar-refractivity contribution in [2.75, 3.05) is 12.3 Å². The van der Waals surface area contributed by atoms with Gasteiger partial charge in [0.2, 0.25) is 0 Å². The van der Waals surface area contributed by atoms with E-state index in [1.165, 1.54) is 24.2 Å². The van der Waals surface area contributed by atoms with E-state index in [1.54, 1.807) is 0 Å². The first kappa shape index (κ1) is 47.4. The summed E-state index contributed by atoms with van der Waals surface area (Å²) in [5.41, 5.74) is -5.65. The van der Waals surface area contributed by atoms with Gasteiger partial charge in [-0.15, -0.1) is 0 Å². The van der Waals surface area contributed by atoms with Crippen molar-refractivity contribution in [1.82, 2.24) is 0 Å². The Hall–Kier alpha value is 2.03. The summed E-state index contributed by atoms with van der Waals surface area (Å²) in [5, 5.41) is 1.51. The first-order valence-corrected chi connectivity index (χ1v) is 19.2. The molecule has 2 saturated carbocycles. The molecule has 0 aromatic rings. The summed E-state index contributed by atoms with van der Waals surface area (Å²) < 4.78 is 58.9. The zero-order chi connectivity index (χ0) is 32.4.